The van der Waals surface area contributed by atoms with Crippen LogP contribution in [-0.4, -0.2) is 23.5 Å². The lowest BCUT2D eigenvalue weighted by Gasteiger charge is -2.16. The normalized spacial score (nSPS) is 14.5. The number of anilines is 1. The molecule has 5 heteroatoms. The zero-order valence-electron chi connectivity index (χ0n) is 15.9. The van der Waals surface area contributed by atoms with Crippen molar-refractivity contribution in [2.75, 3.05) is 11.5 Å². The minimum Gasteiger partial charge on any atom is -0.502 e. The molecule has 27 heavy (non-hydrogen) atoms. The van der Waals surface area contributed by atoms with Crippen molar-refractivity contribution < 1.29 is 19.4 Å². The highest BCUT2D eigenvalue weighted by atomic mass is 16.5. The number of carbonyl (C=O) groups excluding carboxylic acids is 2. The van der Waals surface area contributed by atoms with Gasteiger partial charge in [0.2, 0.25) is 0 Å². The van der Waals surface area contributed by atoms with Crippen molar-refractivity contribution in [1.82, 2.24) is 0 Å². The molecule has 2 amide bonds. The fourth-order valence-corrected chi connectivity index (χ4v) is 2.86. The average Bonchev–Trinajstić information content (AvgIpc) is 2.85. The Balaban J connectivity index is 1.89. The number of carbonyl (C=O) groups is 2. The number of hydrogen-bond acceptors (Lipinski definition) is 4. The molecule has 2 aromatic rings. The van der Waals surface area contributed by atoms with E-state index in [1.165, 1.54) is 0 Å². The van der Waals surface area contributed by atoms with E-state index in [9.17, 15) is 14.7 Å². The molecule has 0 spiro atoms. The Morgan fingerprint density at radius 1 is 0.963 bits per heavy atom. The van der Waals surface area contributed by atoms with Crippen LogP contribution in [0, 0.1) is 19.8 Å². The number of aliphatic hydroxyl groups excluding tert-OH is 1. The molecule has 0 aliphatic carbocycles. The summed E-state index contributed by atoms with van der Waals surface area (Å²) >= 11 is 0. The van der Waals surface area contributed by atoms with Gasteiger partial charge in [-0.3, -0.25) is 9.59 Å². The molecule has 1 heterocycles. The number of benzene rings is 2. The van der Waals surface area contributed by atoms with Crippen LogP contribution in [0.3, 0.4) is 0 Å². The number of imide groups is 1. The lowest BCUT2D eigenvalue weighted by atomic mass is 10.1. The molecule has 1 aliphatic heterocycles. The van der Waals surface area contributed by atoms with Gasteiger partial charge in [-0.2, -0.15) is 0 Å². The Morgan fingerprint density at radius 2 is 1.63 bits per heavy atom. The third kappa shape index (κ3) is 3.58. The second-order valence-electron chi connectivity index (χ2n) is 7.17. The molecule has 140 valence electrons. The highest BCUT2D eigenvalue weighted by molar-refractivity contribution is 6.44. The van der Waals surface area contributed by atoms with E-state index in [4.69, 9.17) is 4.74 Å². The number of rotatable bonds is 5. The van der Waals surface area contributed by atoms with Crippen LogP contribution >= 0.6 is 0 Å². The SMILES string of the molecule is Cc1ccc(N2C(=O)C(O)=C(c3ccc(OCC(C)C)cc3)C2=O)cc1C. The smallest absolute Gasteiger partial charge is 0.301 e. The monoisotopic (exact) mass is 365 g/mol. The van der Waals surface area contributed by atoms with Crippen LogP contribution < -0.4 is 9.64 Å². The van der Waals surface area contributed by atoms with Crippen LogP contribution in [0.2, 0.25) is 0 Å². The van der Waals surface area contributed by atoms with Crippen molar-refractivity contribution in [2.45, 2.75) is 27.7 Å². The van der Waals surface area contributed by atoms with Gasteiger partial charge >= 0.3 is 5.91 Å². The number of hydrogen-bond donors (Lipinski definition) is 1. The van der Waals surface area contributed by atoms with E-state index in [1.807, 2.05) is 19.9 Å². The predicted octanol–water partition coefficient (Wildman–Crippen LogP) is 4.18. The third-order valence-electron chi connectivity index (χ3n) is 4.53. The van der Waals surface area contributed by atoms with Gasteiger partial charge in [0.1, 0.15) is 5.75 Å². The molecule has 0 saturated heterocycles. The molecule has 3 rings (SSSR count). The van der Waals surface area contributed by atoms with Gasteiger partial charge in [0.05, 0.1) is 17.9 Å². The highest BCUT2D eigenvalue weighted by Crippen LogP contribution is 2.33. The number of aliphatic hydroxyl groups is 1. The second kappa shape index (κ2) is 7.27. The summed E-state index contributed by atoms with van der Waals surface area (Å²) in [5.41, 5.74) is 2.97. The van der Waals surface area contributed by atoms with Crippen LogP contribution in [0.1, 0.15) is 30.5 Å². The van der Waals surface area contributed by atoms with E-state index < -0.39 is 17.6 Å². The van der Waals surface area contributed by atoms with Gasteiger partial charge in [-0.25, -0.2) is 4.90 Å². The van der Waals surface area contributed by atoms with Crippen molar-refractivity contribution in [3.63, 3.8) is 0 Å². The first-order chi connectivity index (χ1) is 12.8. The fourth-order valence-electron chi connectivity index (χ4n) is 2.86. The summed E-state index contributed by atoms with van der Waals surface area (Å²) in [6.07, 6.45) is 0. The molecule has 1 aliphatic rings. The van der Waals surface area contributed by atoms with Gasteiger partial charge in [0, 0.05) is 0 Å². The van der Waals surface area contributed by atoms with E-state index in [1.54, 1.807) is 36.4 Å². The first-order valence-electron chi connectivity index (χ1n) is 8.92. The van der Waals surface area contributed by atoms with E-state index >= 15 is 0 Å². The molecule has 0 unspecified atom stereocenters. The molecule has 5 nitrogen and oxygen atoms in total. The molecule has 0 atom stereocenters. The maximum atomic E-state index is 12.9. The summed E-state index contributed by atoms with van der Waals surface area (Å²) in [5, 5.41) is 10.3. The minimum atomic E-state index is -0.710. The zero-order valence-corrected chi connectivity index (χ0v) is 15.9. The van der Waals surface area contributed by atoms with Crippen LogP contribution in [0.25, 0.3) is 5.57 Å². The maximum Gasteiger partial charge on any atom is 0.301 e. The second-order valence-corrected chi connectivity index (χ2v) is 7.17. The average molecular weight is 365 g/mol. The van der Waals surface area contributed by atoms with Gasteiger partial charge in [0.15, 0.2) is 5.76 Å². The molecular formula is C22H23NO4. The molecule has 0 saturated carbocycles. The molecule has 0 radical (unpaired) electrons. The molecular weight excluding hydrogens is 342 g/mol. The Labute approximate surface area is 158 Å². The molecule has 0 fully saturated rings. The highest BCUT2D eigenvalue weighted by Gasteiger charge is 2.40. The molecule has 1 N–H and O–H groups in total. The van der Waals surface area contributed by atoms with Crippen molar-refractivity contribution in [3.05, 3.63) is 64.9 Å². The predicted molar refractivity (Wildman–Crippen MR) is 105 cm³/mol. The summed E-state index contributed by atoms with van der Waals surface area (Å²) in [7, 11) is 0. The summed E-state index contributed by atoms with van der Waals surface area (Å²) in [4.78, 5) is 26.4. The van der Waals surface area contributed by atoms with Gasteiger partial charge in [-0.15, -0.1) is 0 Å². The van der Waals surface area contributed by atoms with Crippen molar-refractivity contribution in [2.24, 2.45) is 5.92 Å². The van der Waals surface area contributed by atoms with E-state index in [0.29, 0.717) is 29.5 Å². The Hall–Kier alpha value is -3.08. The standard InChI is InChI=1S/C22H23NO4/c1-13(2)12-27-18-9-6-16(7-10-18)19-20(24)22(26)23(21(19)25)17-8-5-14(3)15(4)11-17/h5-11,13,24H,12H2,1-4H3. The van der Waals surface area contributed by atoms with Crippen LogP contribution in [0.4, 0.5) is 5.69 Å². The van der Waals surface area contributed by atoms with Crippen LogP contribution in [0.5, 0.6) is 5.75 Å². The summed E-state index contributed by atoms with van der Waals surface area (Å²) < 4.78 is 5.63. The Bertz CT molecular complexity index is 926. The topological polar surface area (TPSA) is 66.8 Å². The Kier molecular flexibility index (Phi) is 5.04. The van der Waals surface area contributed by atoms with Gasteiger partial charge < -0.3 is 9.84 Å². The lowest BCUT2D eigenvalue weighted by molar-refractivity contribution is -0.121. The number of nitrogens with zero attached hydrogens (tertiary/aromatic N) is 1. The summed E-state index contributed by atoms with van der Waals surface area (Å²) in [6, 6.07) is 12.1. The minimum absolute atomic E-state index is 0.00800. The van der Waals surface area contributed by atoms with Gasteiger partial charge in [0.25, 0.3) is 5.91 Å². The maximum absolute atomic E-state index is 12.9. The van der Waals surface area contributed by atoms with Crippen LogP contribution in [-0.2, 0) is 9.59 Å². The fraction of sp³-hybridized carbons (Fsp3) is 0.273. The van der Waals surface area contributed by atoms with Crippen molar-refractivity contribution in [3.8, 4) is 5.75 Å². The van der Waals surface area contributed by atoms with Crippen molar-refractivity contribution >= 4 is 23.1 Å². The number of aryl methyl sites for hydroxylation is 2. The number of amides is 2. The third-order valence-corrected chi connectivity index (χ3v) is 4.53. The van der Waals surface area contributed by atoms with Crippen molar-refractivity contribution in [1.29, 1.82) is 0 Å². The largest absolute Gasteiger partial charge is 0.502 e. The van der Waals surface area contributed by atoms with E-state index in [0.717, 1.165) is 16.0 Å². The quantitative estimate of drug-likeness (QED) is 0.807. The summed E-state index contributed by atoms with van der Waals surface area (Å²) in [6.45, 7) is 8.57. The van der Waals surface area contributed by atoms with Gasteiger partial charge in [-0.05, 0) is 60.7 Å². The molecule has 0 bridgehead atoms. The zero-order chi connectivity index (χ0) is 19.7. The van der Waals surface area contributed by atoms with Crippen LogP contribution in [0.15, 0.2) is 48.2 Å². The summed E-state index contributed by atoms with van der Waals surface area (Å²) in [5.74, 6) is -0.698. The molecule has 2 aromatic carbocycles. The first-order valence-corrected chi connectivity index (χ1v) is 8.92. The van der Waals surface area contributed by atoms with E-state index in [-0.39, 0.29) is 5.57 Å². The van der Waals surface area contributed by atoms with E-state index in [2.05, 4.69) is 13.8 Å². The first kappa shape index (κ1) is 18.7. The van der Waals surface area contributed by atoms with Gasteiger partial charge in [-0.1, -0.05) is 32.0 Å². The number of ether oxygens (including phenoxy) is 1. The molecule has 0 aromatic heterocycles. The Morgan fingerprint density at radius 3 is 2.22 bits per heavy atom. The lowest BCUT2D eigenvalue weighted by Crippen LogP contribution is -2.31.